The van der Waals surface area contributed by atoms with Crippen molar-refractivity contribution in [1.29, 1.82) is 0 Å². The highest BCUT2D eigenvalue weighted by Gasteiger charge is 2.36. The van der Waals surface area contributed by atoms with E-state index in [4.69, 9.17) is 9.84 Å². The number of anilines is 1. The zero-order chi connectivity index (χ0) is 17.9. The largest absolute Gasteiger partial charge is 0.496 e. The number of methoxy groups -OCH3 is 1. The SMILES string of the molecule is COc1cc(NS(=O)(=O)N2CCCC[C@H]2C(=O)O)ccc1C(=O)O. The maximum Gasteiger partial charge on any atom is 0.339 e. The normalized spacial score (nSPS) is 18.8. The Bertz CT molecular complexity index is 747. The number of carboxylic acid groups (broad SMARTS) is 2. The quantitative estimate of drug-likeness (QED) is 0.690. The second-order valence-corrected chi connectivity index (χ2v) is 6.91. The number of rotatable bonds is 6. The van der Waals surface area contributed by atoms with Crippen LogP contribution in [0, 0.1) is 0 Å². The van der Waals surface area contributed by atoms with Crippen molar-refractivity contribution in [3.63, 3.8) is 0 Å². The molecule has 2 rings (SSSR count). The second-order valence-electron chi connectivity index (χ2n) is 5.29. The van der Waals surface area contributed by atoms with Crippen molar-refractivity contribution in [2.24, 2.45) is 0 Å². The molecule has 0 spiro atoms. The summed E-state index contributed by atoms with van der Waals surface area (Å²) in [5.74, 6) is -2.40. The number of nitrogens with zero attached hydrogens (tertiary/aromatic N) is 1. The van der Waals surface area contributed by atoms with Crippen LogP contribution >= 0.6 is 0 Å². The average molecular weight is 358 g/mol. The van der Waals surface area contributed by atoms with Crippen molar-refractivity contribution in [2.45, 2.75) is 25.3 Å². The number of benzene rings is 1. The number of carboxylic acids is 2. The number of aliphatic carboxylic acids is 1. The molecule has 0 bridgehead atoms. The van der Waals surface area contributed by atoms with Crippen molar-refractivity contribution >= 4 is 27.8 Å². The van der Waals surface area contributed by atoms with E-state index in [0.29, 0.717) is 12.8 Å². The molecular weight excluding hydrogens is 340 g/mol. The first-order chi connectivity index (χ1) is 11.3. The first kappa shape index (κ1) is 18.0. The molecule has 0 aromatic heterocycles. The number of piperidine rings is 1. The lowest BCUT2D eigenvalue weighted by molar-refractivity contribution is -0.142. The number of aromatic carboxylic acids is 1. The Balaban J connectivity index is 2.28. The van der Waals surface area contributed by atoms with Gasteiger partial charge in [0, 0.05) is 12.6 Å². The summed E-state index contributed by atoms with van der Waals surface area (Å²) < 4.78 is 33.1. The summed E-state index contributed by atoms with van der Waals surface area (Å²) >= 11 is 0. The van der Waals surface area contributed by atoms with Crippen LogP contribution < -0.4 is 9.46 Å². The van der Waals surface area contributed by atoms with Gasteiger partial charge in [0.25, 0.3) is 0 Å². The molecule has 0 unspecified atom stereocenters. The van der Waals surface area contributed by atoms with Gasteiger partial charge in [0.05, 0.1) is 12.8 Å². The molecule has 1 heterocycles. The van der Waals surface area contributed by atoms with Gasteiger partial charge in [-0.2, -0.15) is 12.7 Å². The van der Waals surface area contributed by atoms with Gasteiger partial charge < -0.3 is 14.9 Å². The number of carbonyl (C=O) groups is 2. The van der Waals surface area contributed by atoms with Gasteiger partial charge in [-0.05, 0) is 31.4 Å². The molecule has 0 aliphatic carbocycles. The summed E-state index contributed by atoms with van der Waals surface area (Å²) in [5.41, 5.74) is -0.0200. The van der Waals surface area contributed by atoms with E-state index in [1.54, 1.807) is 0 Å². The third-order valence-electron chi connectivity index (χ3n) is 3.73. The molecule has 1 aromatic carbocycles. The molecule has 9 nitrogen and oxygen atoms in total. The Morgan fingerprint density at radius 2 is 2.00 bits per heavy atom. The van der Waals surface area contributed by atoms with Crippen LogP contribution in [0.3, 0.4) is 0 Å². The van der Waals surface area contributed by atoms with E-state index in [2.05, 4.69) is 4.72 Å². The summed E-state index contributed by atoms with van der Waals surface area (Å²) in [6.07, 6.45) is 1.47. The van der Waals surface area contributed by atoms with Crippen LogP contribution in [0.25, 0.3) is 0 Å². The van der Waals surface area contributed by atoms with Gasteiger partial charge in [-0.3, -0.25) is 9.52 Å². The van der Waals surface area contributed by atoms with E-state index in [0.717, 1.165) is 4.31 Å². The lowest BCUT2D eigenvalue weighted by Crippen LogP contribution is -2.49. The van der Waals surface area contributed by atoms with Crippen LogP contribution in [0.15, 0.2) is 18.2 Å². The lowest BCUT2D eigenvalue weighted by atomic mass is 10.1. The van der Waals surface area contributed by atoms with Crippen LogP contribution in [-0.2, 0) is 15.0 Å². The van der Waals surface area contributed by atoms with E-state index in [1.807, 2.05) is 0 Å². The lowest BCUT2D eigenvalue weighted by Gasteiger charge is -2.31. The molecule has 0 radical (unpaired) electrons. The smallest absolute Gasteiger partial charge is 0.339 e. The van der Waals surface area contributed by atoms with Crippen molar-refractivity contribution in [3.05, 3.63) is 23.8 Å². The molecule has 1 fully saturated rings. The number of hydrogen-bond donors (Lipinski definition) is 3. The molecule has 3 N–H and O–H groups in total. The van der Waals surface area contributed by atoms with Crippen LogP contribution in [-0.4, -0.2) is 54.6 Å². The summed E-state index contributed by atoms with van der Waals surface area (Å²) in [7, 11) is -2.82. The van der Waals surface area contributed by atoms with Gasteiger partial charge in [-0.1, -0.05) is 0 Å². The van der Waals surface area contributed by atoms with Crippen molar-refractivity contribution in [1.82, 2.24) is 4.31 Å². The highest BCUT2D eigenvalue weighted by atomic mass is 32.2. The maximum absolute atomic E-state index is 12.5. The fourth-order valence-corrected chi connectivity index (χ4v) is 4.02. The van der Waals surface area contributed by atoms with Crippen LogP contribution in [0.4, 0.5) is 5.69 Å². The van der Waals surface area contributed by atoms with Crippen LogP contribution in [0.1, 0.15) is 29.6 Å². The van der Waals surface area contributed by atoms with E-state index >= 15 is 0 Å². The zero-order valence-corrected chi connectivity index (χ0v) is 13.7. The molecule has 24 heavy (non-hydrogen) atoms. The third kappa shape index (κ3) is 3.77. The monoisotopic (exact) mass is 358 g/mol. The highest BCUT2D eigenvalue weighted by molar-refractivity contribution is 7.90. The van der Waals surface area contributed by atoms with Crippen molar-refractivity contribution in [3.8, 4) is 5.75 Å². The molecule has 0 saturated carbocycles. The number of nitrogens with one attached hydrogen (secondary N) is 1. The third-order valence-corrected chi connectivity index (χ3v) is 5.27. The fourth-order valence-electron chi connectivity index (χ4n) is 2.58. The molecule has 1 atom stereocenters. The standard InChI is InChI=1S/C14H18N2O7S/c1-23-12-8-9(5-6-10(12)13(17)18)15-24(21,22)16-7-3-2-4-11(16)14(19)20/h5-6,8,11,15H,2-4,7H2,1H3,(H,17,18)(H,19,20)/t11-/m0/s1. The first-order valence-corrected chi connectivity index (χ1v) is 8.64. The van der Waals surface area contributed by atoms with Gasteiger partial charge in [-0.25, -0.2) is 4.79 Å². The molecule has 1 saturated heterocycles. The fraction of sp³-hybridized carbons (Fsp3) is 0.429. The van der Waals surface area contributed by atoms with Gasteiger partial charge in [-0.15, -0.1) is 0 Å². The van der Waals surface area contributed by atoms with Gasteiger partial charge >= 0.3 is 22.1 Å². The van der Waals surface area contributed by atoms with Gasteiger partial charge in [0.2, 0.25) is 0 Å². The van der Waals surface area contributed by atoms with E-state index in [9.17, 15) is 23.1 Å². The summed E-state index contributed by atoms with van der Waals surface area (Å²) in [5, 5.41) is 18.2. The minimum atomic E-state index is -4.09. The predicted molar refractivity (Wildman–Crippen MR) is 84.5 cm³/mol. The maximum atomic E-state index is 12.5. The zero-order valence-electron chi connectivity index (χ0n) is 12.9. The topological polar surface area (TPSA) is 133 Å². The van der Waals surface area contributed by atoms with Crippen molar-refractivity contribution < 1.29 is 33.0 Å². The van der Waals surface area contributed by atoms with E-state index in [1.165, 1.54) is 25.3 Å². The van der Waals surface area contributed by atoms with E-state index in [-0.39, 0.29) is 30.0 Å². The Labute approximate surface area is 139 Å². The summed E-state index contributed by atoms with van der Waals surface area (Å²) in [6.45, 7) is 0.108. The Hall–Kier alpha value is -2.33. The first-order valence-electron chi connectivity index (χ1n) is 7.20. The molecule has 0 amide bonds. The molecule has 1 aliphatic heterocycles. The van der Waals surface area contributed by atoms with Crippen molar-refractivity contribution in [2.75, 3.05) is 18.4 Å². The Kier molecular flexibility index (Phi) is 5.30. The molecule has 1 aliphatic rings. The van der Waals surface area contributed by atoms with Crippen LogP contribution in [0.5, 0.6) is 5.75 Å². The average Bonchev–Trinajstić information content (AvgIpc) is 2.54. The Morgan fingerprint density at radius 3 is 2.58 bits per heavy atom. The number of ether oxygens (including phenoxy) is 1. The van der Waals surface area contributed by atoms with Gasteiger partial charge in [0.15, 0.2) is 0 Å². The summed E-state index contributed by atoms with van der Waals surface area (Å²) in [6, 6.07) is 2.62. The number of hydrogen-bond acceptors (Lipinski definition) is 5. The molecule has 10 heteroatoms. The minimum absolute atomic E-state index is 0.00358. The molecule has 132 valence electrons. The molecular formula is C14H18N2O7S. The Morgan fingerprint density at radius 1 is 1.29 bits per heavy atom. The second kappa shape index (κ2) is 7.05. The van der Waals surface area contributed by atoms with Crippen LogP contribution in [0.2, 0.25) is 0 Å². The highest BCUT2D eigenvalue weighted by Crippen LogP contribution is 2.26. The molecule has 1 aromatic rings. The van der Waals surface area contributed by atoms with Gasteiger partial charge in [0.1, 0.15) is 17.4 Å². The van der Waals surface area contributed by atoms with E-state index < -0.39 is 28.2 Å². The summed E-state index contributed by atoms with van der Waals surface area (Å²) in [4.78, 5) is 22.3. The minimum Gasteiger partial charge on any atom is -0.496 e. The predicted octanol–water partition coefficient (Wildman–Crippen LogP) is 0.989.